The molecule has 1 spiro atoms. The van der Waals surface area contributed by atoms with Crippen molar-refractivity contribution < 1.29 is 4.74 Å². The van der Waals surface area contributed by atoms with Crippen molar-refractivity contribution in [2.75, 3.05) is 9.80 Å². The van der Waals surface area contributed by atoms with Crippen LogP contribution in [0.1, 0.15) is 22.3 Å². The highest BCUT2D eigenvalue weighted by Gasteiger charge is 2.51. The van der Waals surface area contributed by atoms with Crippen molar-refractivity contribution in [3.05, 3.63) is 259 Å². The zero-order chi connectivity index (χ0) is 46.6. The average Bonchev–Trinajstić information content (AvgIpc) is 3.91. The largest absolute Gasteiger partial charge is 0.453 e. The first kappa shape index (κ1) is 39.9. The Hall–Kier alpha value is -9.04. The maximum atomic E-state index is 6.34. The molecular formula is C64H39N5OS. The number of aromatic nitrogens is 3. The minimum atomic E-state index is -0.500. The van der Waals surface area contributed by atoms with Crippen LogP contribution in [0.2, 0.25) is 0 Å². The minimum absolute atomic E-state index is 0.500. The fourth-order valence-corrected chi connectivity index (χ4v) is 12.5. The third-order valence-corrected chi connectivity index (χ3v) is 15.7. The highest BCUT2D eigenvalue weighted by atomic mass is 32.2. The van der Waals surface area contributed by atoms with Gasteiger partial charge < -0.3 is 14.5 Å². The van der Waals surface area contributed by atoms with Crippen molar-refractivity contribution in [2.24, 2.45) is 0 Å². The average molecular weight is 926 g/mol. The molecular weight excluding hydrogens is 887 g/mol. The maximum Gasteiger partial charge on any atom is 0.164 e. The van der Waals surface area contributed by atoms with Gasteiger partial charge in [-0.15, -0.1) is 0 Å². The highest BCUT2D eigenvalue weighted by molar-refractivity contribution is 7.99. The summed E-state index contributed by atoms with van der Waals surface area (Å²) < 4.78 is 6.34. The number of rotatable bonds is 5. The van der Waals surface area contributed by atoms with Crippen LogP contribution in [0.4, 0.5) is 34.1 Å². The Morgan fingerprint density at radius 1 is 0.324 bits per heavy atom. The lowest BCUT2D eigenvalue weighted by Gasteiger charge is -2.32. The molecule has 3 heterocycles. The van der Waals surface area contributed by atoms with E-state index in [1.165, 1.54) is 54.3 Å². The van der Waals surface area contributed by atoms with Gasteiger partial charge in [0.1, 0.15) is 0 Å². The van der Waals surface area contributed by atoms with Crippen LogP contribution in [0.5, 0.6) is 11.5 Å². The van der Waals surface area contributed by atoms with E-state index in [1.807, 2.05) is 48.2 Å². The Balaban J connectivity index is 0.890. The van der Waals surface area contributed by atoms with Crippen LogP contribution in [0.25, 0.3) is 56.4 Å². The molecule has 0 radical (unpaired) electrons. The minimum Gasteiger partial charge on any atom is -0.453 e. The number of benzene rings is 10. The van der Waals surface area contributed by atoms with Crippen molar-refractivity contribution in [2.45, 2.75) is 15.2 Å². The van der Waals surface area contributed by atoms with E-state index in [1.54, 1.807) is 0 Å². The monoisotopic (exact) mass is 925 g/mol. The molecule has 332 valence electrons. The summed E-state index contributed by atoms with van der Waals surface area (Å²) in [6, 6.07) is 84.3. The summed E-state index contributed by atoms with van der Waals surface area (Å²) in [5, 5.41) is 0. The fraction of sp³-hybridized carbons (Fsp3) is 0.0156. The summed E-state index contributed by atoms with van der Waals surface area (Å²) in [6.45, 7) is 0. The zero-order valence-electron chi connectivity index (χ0n) is 38.1. The molecule has 0 fully saturated rings. The third kappa shape index (κ3) is 5.93. The van der Waals surface area contributed by atoms with Gasteiger partial charge in [-0.25, -0.2) is 15.0 Å². The molecule has 0 unspecified atom stereocenters. The van der Waals surface area contributed by atoms with Crippen LogP contribution >= 0.6 is 11.8 Å². The van der Waals surface area contributed by atoms with Crippen molar-refractivity contribution >= 4 is 45.9 Å². The molecule has 0 atom stereocenters. The molecule has 0 saturated heterocycles. The predicted molar refractivity (Wildman–Crippen MR) is 286 cm³/mol. The van der Waals surface area contributed by atoms with Gasteiger partial charge in [-0.3, -0.25) is 0 Å². The summed E-state index contributed by atoms with van der Waals surface area (Å²) in [7, 11) is 0. The van der Waals surface area contributed by atoms with Gasteiger partial charge >= 0.3 is 0 Å². The van der Waals surface area contributed by atoms with E-state index in [-0.39, 0.29) is 0 Å². The van der Waals surface area contributed by atoms with E-state index in [0.29, 0.717) is 17.5 Å². The molecule has 0 bridgehead atoms. The van der Waals surface area contributed by atoms with Crippen LogP contribution in [0.3, 0.4) is 0 Å². The Morgan fingerprint density at radius 2 is 0.690 bits per heavy atom. The van der Waals surface area contributed by atoms with Gasteiger partial charge in [0.2, 0.25) is 0 Å². The van der Waals surface area contributed by atoms with Crippen LogP contribution in [-0.4, -0.2) is 15.0 Å². The number of ether oxygens (including phenoxy) is 1. The Morgan fingerprint density at radius 3 is 1.18 bits per heavy atom. The van der Waals surface area contributed by atoms with Crippen molar-refractivity contribution in [1.82, 2.24) is 15.0 Å². The van der Waals surface area contributed by atoms with E-state index in [2.05, 4.69) is 210 Å². The van der Waals surface area contributed by atoms with Crippen LogP contribution < -0.4 is 14.5 Å². The van der Waals surface area contributed by atoms with Crippen molar-refractivity contribution in [3.8, 4) is 67.9 Å². The molecule has 0 amide bonds. The van der Waals surface area contributed by atoms with E-state index in [9.17, 15) is 0 Å². The predicted octanol–water partition coefficient (Wildman–Crippen LogP) is 16.7. The van der Waals surface area contributed by atoms with Crippen LogP contribution in [0.15, 0.2) is 246 Å². The Kier molecular flexibility index (Phi) is 8.70. The summed E-state index contributed by atoms with van der Waals surface area (Å²) in [4.78, 5) is 23.1. The van der Waals surface area contributed by atoms with Gasteiger partial charge in [0, 0.05) is 37.9 Å². The molecule has 2 aliphatic carbocycles. The standard InChI is InChI=1S/C64H39N5OS/c1-4-18-49-45(15-1)46-16-2-5-19-50(46)64(49)51-20-6-3-17-47(51)48-38-33-42(39-52(48)64)63-66-61(40-29-34-43(35-30-40)68-53-21-7-11-25-57(53)70-58-26-12-8-22-54(58)68)65-62(67-63)41-31-36-44(37-32-41)69-55-23-9-13-27-59(55)71-60-28-14-10-24-56(60)69/h1-39H. The second-order valence-corrected chi connectivity index (χ2v) is 19.4. The number of nitrogens with zero attached hydrogens (tertiary/aromatic N) is 5. The lowest BCUT2D eigenvalue weighted by Crippen LogP contribution is -2.25. The maximum absolute atomic E-state index is 6.34. The molecule has 10 aromatic carbocycles. The van der Waals surface area contributed by atoms with E-state index < -0.39 is 5.41 Å². The van der Waals surface area contributed by atoms with Gasteiger partial charge in [0.15, 0.2) is 29.0 Å². The Bertz CT molecular complexity index is 3670. The number of hydrogen-bond acceptors (Lipinski definition) is 7. The number of fused-ring (bicyclic) bond motifs is 14. The molecule has 71 heavy (non-hydrogen) atoms. The van der Waals surface area contributed by atoms with E-state index >= 15 is 0 Å². The van der Waals surface area contributed by atoms with Crippen molar-refractivity contribution in [1.29, 1.82) is 0 Å². The molecule has 6 nitrogen and oxygen atoms in total. The fourth-order valence-electron chi connectivity index (χ4n) is 11.5. The summed E-state index contributed by atoms with van der Waals surface area (Å²) >= 11 is 1.81. The smallest absolute Gasteiger partial charge is 0.164 e. The van der Waals surface area contributed by atoms with Crippen LogP contribution in [-0.2, 0) is 5.41 Å². The number of anilines is 6. The van der Waals surface area contributed by atoms with Gasteiger partial charge in [0.05, 0.1) is 28.2 Å². The molecule has 0 N–H and O–H groups in total. The summed E-state index contributed by atoms with van der Waals surface area (Å²) in [5.41, 5.74) is 18.7. The van der Waals surface area contributed by atoms with Gasteiger partial charge in [-0.2, -0.15) is 0 Å². The molecule has 1 aromatic heterocycles. The first-order valence-corrected chi connectivity index (χ1v) is 24.7. The molecule has 0 saturated carbocycles. The first-order chi connectivity index (χ1) is 35.2. The van der Waals surface area contributed by atoms with Gasteiger partial charge in [-0.1, -0.05) is 145 Å². The number of hydrogen-bond donors (Lipinski definition) is 0. The molecule has 15 rings (SSSR count). The highest BCUT2D eigenvalue weighted by Crippen LogP contribution is 2.63. The number of para-hydroxylation sites is 6. The van der Waals surface area contributed by atoms with Crippen molar-refractivity contribution in [3.63, 3.8) is 0 Å². The topological polar surface area (TPSA) is 54.4 Å². The van der Waals surface area contributed by atoms with Gasteiger partial charge in [-0.05, 0) is 148 Å². The summed E-state index contributed by atoms with van der Waals surface area (Å²) in [6.07, 6.45) is 0. The Labute approximate surface area is 415 Å². The molecule has 11 aromatic rings. The van der Waals surface area contributed by atoms with E-state index in [0.717, 1.165) is 62.3 Å². The second kappa shape index (κ2) is 15.5. The second-order valence-electron chi connectivity index (χ2n) is 18.3. The summed E-state index contributed by atoms with van der Waals surface area (Å²) in [5.74, 6) is 3.42. The molecule has 7 heteroatoms. The normalized spacial score (nSPS) is 13.7. The molecule has 2 aliphatic heterocycles. The van der Waals surface area contributed by atoms with Gasteiger partial charge in [0.25, 0.3) is 0 Å². The first-order valence-electron chi connectivity index (χ1n) is 23.9. The van der Waals surface area contributed by atoms with E-state index in [4.69, 9.17) is 19.7 Å². The lowest BCUT2D eigenvalue weighted by molar-refractivity contribution is 0.477. The third-order valence-electron chi connectivity index (χ3n) is 14.5. The molecule has 4 aliphatic rings. The van der Waals surface area contributed by atoms with Crippen LogP contribution in [0, 0.1) is 0 Å². The SMILES string of the molecule is c1ccc2c(c1)Oc1ccccc1N2c1ccc(-c2nc(-c3ccc(N4c5ccccc5Sc5ccccc54)cc3)nc(-c3ccc4c(c3)C3(c5ccccc5-c5ccccc53)c3ccccc3-4)n2)cc1. The zero-order valence-corrected chi connectivity index (χ0v) is 38.9. The quantitative estimate of drug-likeness (QED) is 0.170. The lowest BCUT2D eigenvalue weighted by atomic mass is 9.70.